The fourth-order valence-corrected chi connectivity index (χ4v) is 3.73. The van der Waals surface area contributed by atoms with Crippen LogP contribution < -0.4 is 5.32 Å². The highest BCUT2D eigenvalue weighted by atomic mass is 79.9. The molecule has 5 heteroatoms. The van der Waals surface area contributed by atoms with Crippen LogP contribution in [0, 0.1) is 11.3 Å². The Labute approximate surface area is 162 Å². The van der Waals surface area contributed by atoms with Gasteiger partial charge in [-0.2, -0.15) is 0 Å². The minimum absolute atomic E-state index is 0.0600. The number of anilines is 1. The smallest absolute Gasteiger partial charge is 0.227 e. The number of rotatable bonds is 5. The van der Waals surface area contributed by atoms with Crippen LogP contribution >= 0.6 is 15.9 Å². The van der Waals surface area contributed by atoms with Gasteiger partial charge in [-0.25, -0.2) is 0 Å². The van der Waals surface area contributed by atoms with Gasteiger partial charge in [-0.15, -0.1) is 0 Å². The molecule has 1 fully saturated rings. The highest BCUT2D eigenvalue weighted by Crippen LogP contribution is 2.39. The number of amides is 2. The molecular weight excluding hydrogens is 392 g/mol. The lowest BCUT2D eigenvalue weighted by Gasteiger charge is -2.23. The summed E-state index contributed by atoms with van der Waals surface area (Å²) in [6.07, 6.45) is 0.202. The molecule has 0 bridgehead atoms. The van der Waals surface area contributed by atoms with Crippen molar-refractivity contribution in [2.45, 2.75) is 26.8 Å². The van der Waals surface area contributed by atoms with Gasteiger partial charge in [0.05, 0.1) is 5.92 Å². The summed E-state index contributed by atoms with van der Waals surface area (Å²) in [5.74, 6) is -0.369. The van der Waals surface area contributed by atoms with Crippen molar-refractivity contribution in [3.05, 3.63) is 64.6 Å². The zero-order valence-electron chi connectivity index (χ0n) is 15.0. The Morgan fingerprint density at radius 2 is 1.81 bits per heavy atom. The molecule has 1 heterocycles. The second kappa shape index (κ2) is 7.62. The van der Waals surface area contributed by atoms with Crippen molar-refractivity contribution in [1.29, 1.82) is 0 Å². The van der Waals surface area contributed by atoms with Gasteiger partial charge >= 0.3 is 0 Å². The lowest BCUT2D eigenvalue weighted by Crippen LogP contribution is -2.30. The first-order valence-corrected chi connectivity index (χ1v) is 9.52. The molecule has 2 aromatic rings. The third-order valence-corrected chi connectivity index (χ3v) is 5.41. The minimum atomic E-state index is -0.304. The SMILES string of the molecule is CC1(C)CN(Cc2ccccc2)C(=O)[C@@H]1CC(=O)Nc1ccc(Br)cc1. The maximum Gasteiger partial charge on any atom is 0.227 e. The lowest BCUT2D eigenvalue weighted by atomic mass is 9.79. The Morgan fingerprint density at radius 3 is 2.46 bits per heavy atom. The topological polar surface area (TPSA) is 49.4 Å². The van der Waals surface area contributed by atoms with Gasteiger partial charge in [-0.3, -0.25) is 9.59 Å². The van der Waals surface area contributed by atoms with E-state index in [4.69, 9.17) is 0 Å². The van der Waals surface area contributed by atoms with Crippen molar-refractivity contribution in [1.82, 2.24) is 4.90 Å². The average Bonchev–Trinajstić information content (AvgIpc) is 2.81. The second-order valence-corrected chi connectivity index (χ2v) is 8.40. The second-order valence-electron chi connectivity index (χ2n) is 7.48. The molecule has 2 amide bonds. The van der Waals surface area contributed by atoms with Gasteiger partial charge in [0, 0.05) is 29.7 Å². The number of halogens is 1. The van der Waals surface area contributed by atoms with Gasteiger partial charge < -0.3 is 10.2 Å². The van der Waals surface area contributed by atoms with Crippen LogP contribution in [0.3, 0.4) is 0 Å². The van der Waals surface area contributed by atoms with Crippen LogP contribution in [0.4, 0.5) is 5.69 Å². The maximum absolute atomic E-state index is 12.9. The summed E-state index contributed by atoms with van der Waals surface area (Å²) in [5.41, 5.74) is 1.61. The Kier molecular flexibility index (Phi) is 5.47. The molecule has 3 rings (SSSR count). The Hall–Kier alpha value is -2.14. The van der Waals surface area contributed by atoms with Crippen molar-refractivity contribution in [2.24, 2.45) is 11.3 Å². The summed E-state index contributed by atoms with van der Waals surface area (Å²) >= 11 is 3.38. The standard InChI is InChI=1S/C21H23BrN2O2/c1-21(2)14-24(13-15-6-4-3-5-7-15)20(26)18(21)12-19(25)23-17-10-8-16(22)9-11-17/h3-11,18H,12-14H2,1-2H3,(H,23,25)/t18-/m0/s1. The molecule has 4 nitrogen and oxygen atoms in total. The van der Waals surface area contributed by atoms with Crippen molar-refractivity contribution < 1.29 is 9.59 Å². The van der Waals surface area contributed by atoms with Crippen LogP contribution in [0.25, 0.3) is 0 Å². The normalized spacial score (nSPS) is 18.8. The molecular formula is C21H23BrN2O2. The van der Waals surface area contributed by atoms with E-state index in [1.165, 1.54) is 0 Å². The highest BCUT2D eigenvalue weighted by Gasteiger charge is 2.46. The summed E-state index contributed by atoms with van der Waals surface area (Å²) in [6.45, 7) is 5.38. The first-order chi connectivity index (χ1) is 12.3. The van der Waals surface area contributed by atoms with E-state index in [1.807, 2.05) is 59.5 Å². The van der Waals surface area contributed by atoms with E-state index >= 15 is 0 Å². The van der Waals surface area contributed by atoms with Gasteiger partial charge in [0.15, 0.2) is 0 Å². The maximum atomic E-state index is 12.9. The number of carbonyl (C=O) groups is 2. The molecule has 1 saturated heterocycles. The first kappa shape index (κ1) is 18.6. The fourth-order valence-electron chi connectivity index (χ4n) is 3.47. The Balaban J connectivity index is 1.65. The number of nitrogens with one attached hydrogen (secondary N) is 1. The quantitative estimate of drug-likeness (QED) is 0.784. The van der Waals surface area contributed by atoms with Crippen LogP contribution in [0.5, 0.6) is 0 Å². The fraction of sp³-hybridized carbons (Fsp3) is 0.333. The highest BCUT2D eigenvalue weighted by molar-refractivity contribution is 9.10. The summed E-state index contributed by atoms with van der Waals surface area (Å²) in [6, 6.07) is 17.4. The van der Waals surface area contributed by atoms with Gasteiger partial charge in [-0.1, -0.05) is 60.1 Å². The van der Waals surface area contributed by atoms with Crippen molar-refractivity contribution in [3.63, 3.8) is 0 Å². The Morgan fingerprint density at radius 1 is 1.15 bits per heavy atom. The number of hydrogen-bond acceptors (Lipinski definition) is 2. The molecule has 0 radical (unpaired) electrons. The summed E-state index contributed by atoms with van der Waals surface area (Å²) in [5, 5.41) is 2.89. The number of hydrogen-bond donors (Lipinski definition) is 1. The van der Waals surface area contributed by atoms with E-state index in [-0.39, 0.29) is 29.6 Å². The van der Waals surface area contributed by atoms with Crippen molar-refractivity contribution in [2.75, 3.05) is 11.9 Å². The van der Waals surface area contributed by atoms with Crippen LogP contribution in [-0.4, -0.2) is 23.3 Å². The molecule has 0 spiro atoms. The predicted octanol–water partition coefficient (Wildman–Crippen LogP) is 4.46. The number of likely N-dealkylation sites (tertiary alicyclic amines) is 1. The molecule has 1 aliphatic heterocycles. The van der Waals surface area contributed by atoms with Gasteiger partial charge in [-0.05, 0) is 35.2 Å². The number of carbonyl (C=O) groups excluding carboxylic acids is 2. The third-order valence-electron chi connectivity index (χ3n) is 4.89. The zero-order valence-corrected chi connectivity index (χ0v) is 16.6. The van der Waals surface area contributed by atoms with Gasteiger partial charge in [0.25, 0.3) is 0 Å². The van der Waals surface area contributed by atoms with Gasteiger partial charge in [0.1, 0.15) is 0 Å². The predicted molar refractivity (Wildman–Crippen MR) is 107 cm³/mol. The third kappa shape index (κ3) is 4.33. The molecule has 0 unspecified atom stereocenters. The van der Waals surface area contributed by atoms with Crippen LogP contribution in [0.2, 0.25) is 0 Å². The summed E-state index contributed by atoms with van der Waals surface area (Å²) < 4.78 is 0.958. The molecule has 0 saturated carbocycles. The van der Waals surface area contributed by atoms with E-state index in [1.54, 1.807) is 0 Å². The van der Waals surface area contributed by atoms with Crippen molar-refractivity contribution in [3.8, 4) is 0 Å². The van der Waals surface area contributed by atoms with E-state index in [9.17, 15) is 9.59 Å². The molecule has 26 heavy (non-hydrogen) atoms. The molecule has 1 N–H and O–H groups in total. The zero-order chi connectivity index (χ0) is 18.7. The molecule has 0 aromatic heterocycles. The Bertz CT molecular complexity index is 787. The lowest BCUT2D eigenvalue weighted by molar-refractivity contribution is -0.134. The summed E-state index contributed by atoms with van der Waals surface area (Å²) in [4.78, 5) is 27.2. The van der Waals surface area contributed by atoms with Crippen molar-refractivity contribution >= 4 is 33.4 Å². The number of benzene rings is 2. The molecule has 2 aromatic carbocycles. The largest absolute Gasteiger partial charge is 0.338 e. The van der Waals surface area contributed by atoms with Crippen LogP contribution in [0.1, 0.15) is 25.8 Å². The monoisotopic (exact) mass is 414 g/mol. The minimum Gasteiger partial charge on any atom is -0.338 e. The van der Waals surface area contributed by atoms with Gasteiger partial charge in [0.2, 0.25) is 11.8 Å². The van der Waals surface area contributed by atoms with Crippen LogP contribution in [0.15, 0.2) is 59.1 Å². The average molecular weight is 415 g/mol. The van der Waals surface area contributed by atoms with E-state index < -0.39 is 0 Å². The van der Waals surface area contributed by atoms with E-state index in [0.29, 0.717) is 13.1 Å². The van der Waals surface area contributed by atoms with E-state index in [2.05, 4.69) is 35.1 Å². The van der Waals surface area contributed by atoms with Crippen LogP contribution in [-0.2, 0) is 16.1 Å². The summed E-state index contributed by atoms with van der Waals surface area (Å²) in [7, 11) is 0. The number of nitrogens with zero attached hydrogens (tertiary/aromatic N) is 1. The first-order valence-electron chi connectivity index (χ1n) is 8.73. The molecule has 1 atom stereocenters. The molecule has 0 aliphatic carbocycles. The molecule has 136 valence electrons. The molecule has 1 aliphatic rings. The van der Waals surface area contributed by atoms with E-state index in [0.717, 1.165) is 15.7 Å².